The second kappa shape index (κ2) is 10.7. The number of furan rings is 1. The molecule has 5 rings (SSSR count). The Morgan fingerprint density at radius 1 is 0.914 bits per heavy atom. The summed E-state index contributed by atoms with van der Waals surface area (Å²) in [5, 5.41) is 0. The summed E-state index contributed by atoms with van der Waals surface area (Å²) in [6.07, 6.45) is 6.54. The molecule has 35 heavy (non-hydrogen) atoms. The maximum atomic E-state index is 12.6. The molecule has 2 saturated heterocycles. The first-order valence-electron chi connectivity index (χ1n) is 12.2. The fourth-order valence-corrected chi connectivity index (χ4v) is 4.68. The molecule has 2 fully saturated rings. The fourth-order valence-electron chi connectivity index (χ4n) is 4.68. The van der Waals surface area contributed by atoms with Gasteiger partial charge in [-0.15, -0.1) is 0 Å². The normalized spacial score (nSPS) is 17.4. The minimum absolute atomic E-state index is 0.0319. The Hall–Kier alpha value is -3.65. The van der Waals surface area contributed by atoms with Crippen LogP contribution >= 0.6 is 0 Å². The molecule has 0 unspecified atom stereocenters. The smallest absolute Gasteiger partial charge is 0.289 e. The molecule has 0 saturated carbocycles. The first-order chi connectivity index (χ1) is 17.2. The van der Waals surface area contributed by atoms with Crippen molar-refractivity contribution in [3.05, 3.63) is 84.1 Å². The molecule has 182 valence electrons. The van der Waals surface area contributed by atoms with Crippen molar-refractivity contribution in [1.29, 1.82) is 0 Å². The van der Waals surface area contributed by atoms with Gasteiger partial charge in [-0.25, -0.2) is 0 Å². The van der Waals surface area contributed by atoms with Gasteiger partial charge in [0.1, 0.15) is 11.9 Å². The third kappa shape index (κ3) is 5.71. The van der Waals surface area contributed by atoms with Crippen LogP contribution in [0.5, 0.6) is 5.75 Å². The monoisotopic (exact) mass is 474 g/mol. The highest BCUT2D eigenvalue weighted by Gasteiger charge is 2.26. The summed E-state index contributed by atoms with van der Waals surface area (Å²) in [5.41, 5.74) is 1.82. The fraction of sp³-hybridized carbons (Fsp3) is 0.370. The van der Waals surface area contributed by atoms with Gasteiger partial charge in [0.15, 0.2) is 5.76 Å². The van der Waals surface area contributed by atoms with Crippen LogP contribution < -0.4 is 4.74 Å². The van der Waals surface area contributed by atoms with Gasteiger partial charge < -0.3 is 19.0 Å². The van der Waals surface area contributed by atoms with E-state index in [1.165, 1.54) is 11.8 Å². The van der Waals surface area contributed by atoms with E-state index in [0.717, 1.165) is 38.2 Å². The molecule has 0 N–H and O–H groups in total. The highest BCUT2D eigenvalue weighted by Crippen LogP contribution is 2.22. The Labute approximate surface area is 205 Å². The first kappa shape index (κ1) is 23.1. The zero-order chi connectivity index (χ0) is 24.0. The molecule has 0 bridgehead atoms. The summed E-state index contributed by atoms with van der Waals surface area (Å²) in [6.45, 7) is 5.19. The first-order valence-corrected chi connectivity index (χ1v) is 12.2. The van der Waals surface area contributed by atoms with E-state index in [9.17, 15) is 9.59 Å². The van der Waals surface area contributed by atoms with Gasteiger partial charge in [-0.3, -0.25) is 19.5 Å². The molecule has 8 heteroatoms. The van der Waals surface area contributed by atoms with Crippen LogP contribution in [0.2, 0.25) is 0 Å². The van der Waals surface area contributed by atoms with Crippen molar-refractivity contribution in [3.63, 3.8) is 0 Å². The van der Waals surface area contributed by atoms with E-state index in [1.54, 1.807) is 36.7 Å². The van der Waals surface area contributed by atoms with Gasteiger partial charge in [-0.1, -0.05) is 12.1 Å². The lowest BCUT2D eigenvalue weighted by Gasteiger charge is -2.34. The number of benzene rings is 1. The van der Waals surface area contributed by atoms with Crippen LogP contribution in [-0.2, 0) is 6.54 Å². The van der Waals surface area contributed by atoms with Gasteiger partial charge in [-0.05, 0) is 42.0 Å². The van der Waals surface area contributed by atoms with Crippen LogP contribution in [0.25, 0.3) is 0 Å². The number of pyridine rings is 1. The summed E-state index contributed by atoms with van der Waals surface area (Å²) < 4.78 is 11.5. The van der Waals surface area contributed by atoms with E-state index in [-0.39, 0.29) is 17.9 Å². The van der Waals surface area contributed by atoms with Gasteiger partial charge in [0, 0.05) is 71.0 Å². The average molecular weight is 475 g/mol. The summed E-state index contributed by atoms with van der Waals surface area (Å²) in [5.74, 6) is 1.25. The zero-order valence-electron chi connectivity index (χ0n) is 19.7. The van der Waals surface area contributed by atoms with Crippen molar-refractivity contribution in [2.75, 3.05) is 39.3 Å². The Bertz CT molecular complexity index is 1120. The number of amides is 2. The number of nitrogens with zero attached hydrogens (tertiary/aromatic N) is 4. The number of hydrogen-bond acceptors (Lipinski definition) is 6. The summed E-state index contributed by atoms with van der Waals surface area (Å²) >= 11 is 0. The summed E-state index contributed by atoms with van der Waals surface area (Å²) in [7, 11) is 0. The van der Waals surface area contributed by atoms with Crippen LogP contribution in [0.1, 0.15) is 39.3 Å². The van der Waals surface area contributed by atoms with Gasteiger partial charge in [0.2, 0.25) is 0 Å². The summed E-state index contributed by atoms with van der Waals surface area (Å²) in [6, 6.07) is 15.3. The Morgan fingerprint density at radius 2 is 1.71 bits per heavy atom. The minimum Gasteiger partial charge on any atom is -0.490 e. The highest BCUT2D eigenvalue weighted by atomic mass is 16.5. The molecule has 2 aliphatic heterocycles. The van der Waals surface area contributed by atoms with Crippen LogP contribution in [0.4, 0.5) is 0 Å². The molecule has 0 atom stereocenters. The standard InChI is InChI=1S/C27H30N4O4/c32-26(22-5-2-10-28-19-22)30-11-8-23(9-12-30)35-24-6-1-4-21(18-24)20-29-13-15-31(16-14-29)27(33)25-7-3-17-34-25/h1-7,10,17-19,23H,8-9,11-16,20H2. The SMILES string of the molecule is O=C(c1cccnc1)N1CCC(Oc2cccc(CN3CCN(C(=O)c4ccco4)CC3)c2)CC1. The maximum Gasteiger partial charge on any atom is 0.289 e. The molecule has 2 amide bonds. The van der Waals surface area contributed by atoms with Crippen LogP contribution in [0, 0.1) is 0 Å². The Kier molecular flexibility index (Phi) is 7.09. The lowest BCUT2D eigenvalue weighted by molar-refractivity contribution is 0.0594. The number of likely N-dealkylation sites (tertiary alicyclic amines) is 1. The number of rotatable bonds is 6. The van der Waals surface area contributed by atoms with Gasteiger partial charge in [0.05, 0.1) is 11.8 Å². The van der Waals surface area contributed by atoms with Crippen molar-refractivity contribution in [1.82, 2.24) is 19.7 Å². The molecule has 8 nitrogen and oxygen atoms in total. The summed E-state index contributed by atoms with van der Waals surface area (Å²) in [4.78, 5) is 35.2. The lowest BCUT2D eigenvalue weighted by atomic mass is 10.1. The molecule has 0 radical (unpaired) electrons. The van der Waals surface area contributed by atoms with E-state index >= 15 is 0 Å². The van der Waals surface area contributed by atoms with Crippen molar-refractivity contribution in [2.24, 2.45) is 0 Å². The van der Waals surface area contributed by atoms with Crippen LogP contribution in [0.3, 0.4) is 0 Å². The Morgan fingerprint density at radius 3 is 2.43 bits per heavy atom. The van der Waals surface area contributed by atoms with Crippen molar-refractivity contribution in [3.8, 4) is 5.75 Å². The predicted molar refractivity (Wildman–Crippen MR) is 130 cm³/mol. The van der Waals surface area contributed by atoms with E-state index < -0.39 is 0 Å². The molecule has 0 spiro atoms. The molecular formula is C27H30N4O4. The van der Waals surface area contributed by atoms with E-state index in [1.807, 2.05) is 21.9 Å². The maximum absolute atomic E-state index is 12.6. The predicted octanol–water partition coefficient (Wildman–Crippen LogP) is 3.32. The number of piperazine rings is 1. The van der Waals surface area contributed by atoms with Crippen molar-refractivity contribution in [2.45, 2.75) is 25.5 Å². The molecule has 1 aromatic carbocycles. The third-order valence-electron chi connectivity index (χ3n) is 6.64. The van der Waals surface area contributed by atoms with E-state index in [4.69, 9.17) is 9.15 Å². The average Bonchev–Trinajstić information content (AvgIpc) is 3.45. The largest absolute Gasteiger partial charge is 0.490 e. The second-order valence-electron chi connectivity index (χ2n) is 9.04. The van der Waals surface area contributed by atoms with Crippen molar-refractivity contribution < 1.29 is 18.7 Å². The van der Waals surface area contributed by atoms with Gasteiger partial charge >= 0.3 is 0 Å². The van der Waals surface area contributed by atoms with Crippen LogP contribution in [-0.4, -0.2) is 76.9 Å². The molecule has 2 aliphatic rings. The third-order valence-corrected chi connectivity index (χ3v) is 6.64. The molecule has 2 aromatic heterocycles. The Balaban J connectivity index is 1.09. The molecular weight excluding hydrogens is 444 g/mol. The van der Waals surface area contributed by atoms with Crippen LogP contribution in [0.15, 0.2) is 71.6 Å². The molecule has 4 heterocycles. The number of carbonyl (C=O) groups excluding carboxylic acids is 2. The number of piperidine rings is 1. The lowest BCUT2D eigenvalue weighted by Crippen LogP contribution is -2.48. The number of ether oxygens (including phenoxy) is 1. The second-order valence-corrected chi connectivity index (χ2v) is 9.04. The van der Waals surface area contributed by atoms with E-state index in [0.29, 0.717) is 37.5 Å². The van der Waals surface area contributed by atoms with E-state index in [2.05, 4.69) is 22.0 Å². The quantitative estimate of drug-likeness (QED) is 0.545. The minimum atomic E-state index is -0.0433. The molecule has 3 aromatic rings. The van der Waals surface area contributed by atoms with Crippen molar-refractivity contribution >= 4 is 11.8 Å². The number of hydrogen-bond donors (Lipinski definition) is 0. The molecule has 0 aliphatic carbocycles. The number of carbonyl (C=O) groups is 2. The highest BCUT2D eigenvalue weighted by molar-refractivity contribution is 5.94. The van der Waals surface area contributed by atoms with Gasteiger partial charge in [-0.2, -0.15) is 0 Å². The zero-order valence-corrected chi connectivity index (χ0v) is 19.7. The number of aromatic nitrogens is 1. The topological polar surface area (TPSA) is 79.1 Å². The van der Waals surface area contributed by atoms with Gasteiger partial charge in [0.25, 0.3) is 11.8 Å².